The molecule has 0 heterocycles. The normalized spacial score (nSPS) is 26.3. The summed E-state index contributed by atoms with van der Waals surface area (Å²) in [6.07, 6.45) is 5.17. The molecule has 0 saturated heterocycles. The summed E-state index contributed by atoms with van der Waals surface area (Å²) in [4.78, 5) is 12.9. The van der Waals surface area contributed by atoms with E-state index in [0.29, 0.717) is 12.8 Å². The lowest BCUT2D eigenvalue weighted by atomic mass is 9.92. The van der Waals surface area contributed by atoms with Crippen molar-refractivity contribution in [3.8, 4) is 0 Å². The smallest absolute Gasteiger partial charge is 0.317 e. The Kier molecular flexibility index (Phi) is 5.80. The minimum atomic E-state index is -3.03. The van der Waals surface area contributed by atoms with Gasteiger partial charge in [0.1, 0.15) is 9.84 Å². The van der Waals surface area contributed by atoms with E-state index in [0.717, 1.165) is 19.3 Å². The van der Waals surface area contributed by atoms with Gasteiger partial charge in [0.15, 0.2) is 0 Å². The highest BCUT2D eigenvalue weighted by Gasteiger charge is 2.33. The van der Waals surface area contributed by atoms with Crippen molar-refractivity contribution in [2.24, 2.45) is 0 Å². The molecule has 1 N–H and O–H groups in total. The third-order valence-electron chi connectivity index (χ3n) is 4.15. The van der Waals surface area contributed by atoms with Crippen LogP contribution in [0.5, 0.6) is 0 Å². The lowest BCUT2D eigenvalue weighted by Crippen LogP contribution is -2.48. The van der Waals surface area contributed by atoms with Crippen LogP contribution in [-0.4, -0.2) is 54.5 Å². The fourth-order valence-electron chi connectivity index (χ4n) is 2.85. The van der Waals surface area contributed by atoms with Gasteiger partial charge >= 0.3 is 5.97 Å². The predicted octanol–water partition coefficient (Wildman–Crippen LogP) is 1.53. The van der Waals surface area contributed by atoms with E-state index >= 15 is 0 Å². The molecule has 6 heteroatoms. The van der Waals surface area contributed by atoms with Gasteiger partial charge < -0.3 is 5.11 Å². The second kappa shape index (κ2) is 6.70. The first-order valence-electron chi connectivity index (χ1n) is 6.92. The molecular weight excluding hydrogens is 266 g/mol. The SMILES string of the molecule is CCC(C)N(CC(=O)O)C1CCCC(S(C)(=O)=O)C1. The van der Waals surface area contributed by atoms with Crippen molar-refractivity contribution in [3.63, 3.8) is 0 Å². The van der Waals surface area contributed by atoms with E-state index in [9.17, 15) is 13.2 Å². The first-order chi connectivity index (χ1) is 8.75. The van der Waals surface area contributed by atoms with E-state index in [1.807, 2.05) is 18.7 Å². The van der Waals surface area contributed by atoms with Crippen LogP contribution in [0, 0.1) is 0 Å². The van der Waals surface area contributed by atoms with E-state index in [4.69, 9.17) is 5.11 Å². The number of rotatable bonds is 6. The molecule has 1 aliphatic rings. The molecule has 1 saturated carbocycles. The van der Waals surface area contributed by atoms with Crippen LogP contribution in [0.4, 0.5) is 0 Å². The van der Waals surface area contributed by atoms with Gasteiger partial charge in [-0.2, -0.15) is 0 Å². The largest absolute Gasteiger partial charge is 0.480 e. The highest BCUT2D eigenvalue weighted by Crippen LogP contribution is 2.28. The minimum Gasteiger partial charge on any atom is -0.480 e. The first-order valence-corrected chi connectivity index (χ1v) is 8.87. The molecule has 0 aliphatic heterocycles. The quantitative estimate of drug-likeness (QED) is 0.803. The maximum atomic E-state index is 11.7. The van der Waals surface area contributed by atoms with Crippen molar-refractivity contribution in [1.82, 2.24) is 4.90 Å². The molecule has 19 heavy (non-hydrogen) atoms. The first kappa shape index (κ1) is 16.4. The van der Waals surface area contributed by atoms with Crippen LogP contribution in [0.2, 0.25) is 0 Å². The van der Waals surface area contributed by atoms with Crippen LogP contribution in [-0.2, 0) is 14.6 Å². The second-order valence-electron chi connectivity index (χ2n) is 5.60. The lowest BCUT2D eigenvalue weighted by molar-refractivity contribution is -0.139. The number of carboxylic acids is 1. The summed E-state index contributed by atoms with van der Waals surface area (Å²) in [7, 11) is -3.03. The van der Waals surface area contributed by atoms with E-state index < -0.39 is 15.8 Å². The Balaban J connectivity index is 2.81. The molecule has 0 radical (unpaired) electrons. The van der Waals surface area contributed by atoms with Crippen LogP contribution in [0.1, 0.15) is 46.0 Å². The summed E-state index contributed by atoms with van der Waals surface area (Å²) >= 11 is 0. The van der Waals surface area contributed by atoms with E-state index in [1.54, 1.807) is 0 Å². The molecule has 112 valence electrons. The number of hydrogen-bond acceptors (Lipinski definition) is 4. The van der Waals surface area contributed by atoms with Gasteiger partial charge in [-0.3, -0.25) is 9.69 Å². The van der Waals surface area contributed by atoms with Crippen molar-refractivity contribution in [2.75, 3.05) is 12.8 Å². The average molecular weight is 291 g/mol. The predicted molar refractivity (Wildman–Crippen MR) is 75.0 cm³/mol. The Bertz CT molecular complexity index is 407. The molecule has 3 atom stereocenters. The zero-order valence-corrected chi connectivity index (χ0v) is 12.8. The molecular formula is C13H25NO4S. The number of hydrogen-bond donors (Lipinski definition) is 1. The van der Waals surface area contributed by atoms with Gasteiger partial charge in [-0.15, -0.1) is 0 Å². The number of nitrogens with zero attached hydrogens (tertiary/aromatic N) is 1. The fraction of sp³-hybridized carbons (Fsp3) is 0.923. The molecule has 0 aromatic heterocycles. The van der Waals surface area contributed by atoms with E-state index in [1.165, 1.54) is 6.26 Å². The molecule has 0 bridgehead atoms. The summed E-state index contributed by atoms with van der Waals surface area (Å²) in [6, 6.07) is 0.235. The zero-order chi connectivity index (χ0) is 14.6. The van der Waals surface area contributed by atoms with Gasteiger partial charge in [0.25, 0.3) is 0 Å². The molecule has 3 unspecified atom stereocenters. The van der Waals surface area contributed by atoms with Crippen LogP contribution in [0.3, 0.4) is 0 Å². The van der Waals surface area contributed by atoms with Crippen LogP contribution in [0.25, 0.3) is 0 Å². The molecule has 1 fully saturated rings. The molecule has 0 spiro atoms. The Morgan fingerprint density at radius 2 is 2.05 bits per heavy atom. The number of aliphatic carboxylic acids is 1. The minimum absolute atomic E-state index is 0.00381. The van der Waals surface area contributed by atoms with Gasteiger partial charge in [0, 0.05) is 18.3 Å². The Labute approximate surface area is 115 Å². The molecule has 1 aliphatic carbocycles. The van der Waals surface area contributed by atoms with Crippen molar-refractivity contribution in [3.05, 3.63) is 0 Å². The summed E-state index contributed by atoms with van der Waals surface area (Å²) < 4.78 is 23.4. The Morgan fingerprint density at radius 1 is 1.42 bits per heavy atom. The van der Waals surface area contributed by atoms with Gasteiger partial charge in [0.05, 0.1) is 11.8 Å². The summed E-state index contributed by atoms with van der Waals surface area (Å²) in [5.41, 5.74) is 0. The molecule has 0 amide bonds. The van der Waals surface area contributed by atoms with Crippen LogP contribution in [0.15, 0.2) is 0 Å². The molecule has 1 rings (SSSR count). The molecule has 5 nitrogen and oxygen atoms in total. The van der Waals surface area contributed by atoms with E-state index in [2.05, 4.69) is 0 Å². The lowest BCUT2D eigenvalue weighted by Gasteiger charge is -2.39. The highest BCUT2D eigenvalue weighted by atomic mass is 32.2. The fourth-order valence-corrected chi connectivity index (χ4v) is 4.01. The van der Waals surface area contributed by atoms with Gasteiger partial charge in [-0.25, -0.2) is 8.42 Å². The second-order valence-corrected chi connectivity index (χ2v) is 7.92. The number of carboxylic acid groups (broad SMARTS) is 1. The third kappa shape index (κ3) is 4.76. The maximum absolute atomic E-state index is 11.7. The Morgan fingerprint density at radius 3 is 2.53 bits per heavy atom. The van der Waals surface area contributed by atoms with E-state index in [-0.39, 0.29) is 23.9 Å². The maximum Gasteiger partial charge on any atom is 0.317 e. The monoisotopic (exact) mass is 291 g/mol. The van der Waals surface area contributed by atoms with Crippen molar-refractivity contribution >= 4 is 15.8 Å². The third-order valence-corrected chi connectivity index (χ3v) is 5.79. The van der Waals surface area contributed by atoms with Crippen molar-refractivity contribution in [2.45, 2.75) is 63.3 Å². The summed E-state index contributed by atoms with van der Waals surface area (Å²) in [6.45, 7) is 4.03. The van der Waals surface area contributed by atoms with Gasteiger partial charge in [-0.05, 0) is 32.6 Å². The number of sulfone groups is 1. The highest BCUT2D eigenvalue weighted by molar-refractivity contribution is 7.91. The number of carbonyl (C=O) groups is 1. The zero-order valence-electron chi connectivity index (χ0n) is 12.0. The Hall–Kier alpha value is -0.620. The average Bonchev–Trinajstić information content (AvgIpc) is 2.34. The summed E-state index contributed by atoms with van der Waals surface area (Å²) in [5.74, 6) is -0.846. The van der Waals surface area contributed by atoms with Crippen LogP contribution < -0.4 is 0 Å². The summed E-state index contributed by atoms with van der Waals surface area (Å²) in [5, 5.41) is 8.71. The standard InChI is InChI=1S/C13H25NO4S/c1-4-10(2)14(9-13(15)16)11-6-5-7-12(8-11)19(3,17)18/h10-12H,4-9H2,1-3H3,(H,15,16). The van der Waals surface area contributed by atoms with Crippen molar-refractivity contribution in [1.29, 1.82) is 0 Å². The van der Waals surface area contributed by atoms with Crippen molar-refractivity contribution < 1.29 is 18.3 Å². The van der Waals surface area contributed by atoms with Gasteiger partial charge in [-0.1, -0.05) is 13.3 Å². The molecule has 0 aromatic rings. The van der Waals surface area contributed by atoms with Gasteiger partial charge in [0.2, 0.25) is 0 Å². The van der Waals surface area contributed by atoms with Crippen LogP contribution >= 0.6 is 0 Å². The topological polar surface area (TPSA) is 74.7 Å². The molecule has 0 aromatic carbocycles.